The Balaban J connectivity index is 2.11. The molecule has 0 saturated carbocycles. The van der Waals surface area contributed by atoms with Crippen molar-refractivity contribution < 1.29 is 4.79 Å². The fourth-order valence-electron chi connectivity index (χ4n) is 2.35. The first-order valence-electron chi connectivity index (χ1n) is 6.48. The second kappa shape index (κ2) is 6.30. The Labute approximate surface area is 113 Å². The van der Waals surface area contributed by atoms with Crippen molar-refractivity contribution in [1.82, 2.24) is 14.8 Å². The standard InChI is InChI=1S/C14H18N4O/c1-17-9-4-10-18(14(19)13(17)6-7-15)11-12-5-2-3-8-16-12/h2-3,5,8,13H,4,6,9-11H2,1H3. The molecule has 1 saturated heterocycles. The summed E-state index contributed by atoms with van der Waals surface area (Å²) in [5.74, 6) is 0.0344. The molecule has 1 aromatic heterocycles. The molecule has 1 aromatic rings. The molecule has 1 unspecified atom stereocenters. The molecular weight excluding hydrogens is 240 g/mol. The highest BCUT2D eigenvalue weighted by atomic mass is 16.2. The van der Waals surface area contributed by atoms with Crippen molar-refractivity contribution in [3.63, 3.8) is 0 Å². The number of amides is 1. The van der Waals surface area contributed by atoms with Gasteiger partial charge in [-0.15, -0.1) is 0 Å². The van der Waals surface area contributed by atoms with E-state index in [2.05, 4.69) is 11.1 Å². The third-order valence-electron chi connectivity index (χ3n) is 3.43. The van der Waals surface area contributed by atoms with E-state index in [1.165, 1.54) is 0 Å². The number of hydrogen-bond donors (Lipinski definition) is 0. The van der Waals surface area contributed by atoms with Crippen LogP contribution in [0.1, 0.15) is 18.5 Å². The maximum Gasteiger partial charge on any atom is 0.241 e. The highest BCUT2D eigenvalue weighted by Gasteiger charge is 2.30. The van der Waals surface area contributed by atoms with Crippen LogP contribution in [0.2, 0.25) is 0 Å². The zero-order valence-electron chi connectivity index (χ0n) is 11.1. The molecule has 100 valence electrons. The number of nitriles is 1. The lowest BCUT2D eigenvalue weighted by Gasteiger charge is -2.26. The predicted molar refractivity (Wildman–Crippen MR) is 70.9 cm³/mol. The van der Waals surface area contributed by atoms with Crippen molar-refractivity contribution in [1.29, 1.82) is 5.26 Å². The van der Waals surface area contributed by atoms with Gasteiger partial charge in [-0.1, -0.05) is 6.07 Å². The highest BCUT2D eigenvalue weighted by Crippen LogP contribution is 2.14. The van der Waals surface area contributed by atoms with Gasteiger partial charge in [0.15, 0.2) is 0 Å². The van der Waals surface area contributed by atoms with Crippen LogP contribution in [0.5, 0.6) is 0 Å². The number of carbonyl (C=O) groups is 1. The van der Waals surface area contributed by atoms with E-state index in [9.17, 15) is 4.79 Å². The molecule has 5 nitrogen and oxygen atoms in total. The van der Waals surface area contributed by atoms with Gasteiger partial charge >= 0.3 is 0 Å². The first-order valence-corrected chi connectivity index (χ1v) is 6.48. The summed E-state index contributed by atoms with van der Waals surface area (Å²) in [7, 11) is 1.91. The lowest BCUT2D eigenvalue weighted by Crippen LogP contribution is -2.44. The fraction of sp³-hybridized carbons (Fsp3) is 0.500. The van der Waals surface area contributed by atoms with Crippen molar-refractivity contribution in [3.05, 3.63) is 30.1 Å². The van der Waals surface area contributed by atoms with Crippen LogP contribution < -0.4 is 0 Å². The van der Waals surface area contributed by atoms with Crippen molar-refractivity contribution in [3.8, 4) is 6.07 Å². The van der Waals surface area contributed by atoms with Gasteiger partial charge in [-0.25, -0.2) is 0 Å². The zero-order valence-corrected chi connectivity index (χ0v) is 11.1. The Bertz CT molecular complexity index is 468. The summed E-state index contributed by atoms with van der Waals surface area (Å²) in [5, 5.41) is 8.86. The minimum Gasteiger partial charge on any atom is -0.335 e. The van der Waals surface area contributed by atoms with Crippen molar-refractivity contribution in [2.45, 2.75) is 25.4 Å². The number of rotatable bonds is 3. The van der Waals surface area contributed by atoms with Crippen LogP contribution in [0.25, 0.3) is 0 Å². The first-order chi connectivity index (χ1) is 9.22. The summed E-state index contributed by atoms with van der Waals surface area (Å²) in [4.78, 5) is 20.5. The van der Waals surface area contributed by atoms with Gasteiger partial charge in [-0.05, 0) is 25.6 Å². The average molecular weight is 258 g/mol. The van der Waals surface area contributed by atoms with E-state index in [1.807, 2.05) is 35.0 Å². The maximum atomic E-state index is 12.5. The van der Waals surface area contributed by atoms with Crippen molar-refractivity contribution >= 4 is 5.91 Å². The molecule has 1 fully saturated rings. The Morgan fingerprint density at radius 1 is 1.47 bits per heavy atom. The van der Waals surface area contributed by atoms with E-state index in [4.69, 9.17) is 5.26 Å². The number of likely N-dealkylation sites (N-methyl/N-ethyl adjacent to an activating group) is 1. The number of pyridine rings is 1. The van der Waals surface area contributed by atoms with Crippen LogP contribution in [0.3, 0.4) is 0 Å². The Morgan fingerprint density at radius 2 is 2.32 bits per heavy atom. The molecule has 0 aromatic carbocycles. The molecule has 1 amide bonds. The van der Waals surface area contributed by atoms with Crippen LogP contribution in [0, 0.1) is 11.3 Å². The van der Waals surface area contributed by atoms with Crippen LogP contribution in [-0.4, -0.2) is 46.9 Å². The Hall–Kier alpha value is -1.93. The quantitative estimate of drug-likeness (QED) is 0.812. The number of aromatic nitrogens is 1. The summed E-state index contributed by atoms with van der Waals surface area (Å²) < 4.78 is 0. The molecule has 0 aliphatic carbocycles. The lowest BCUT2D eigenvalue weighted by molar-refractivity contribution is -0.135. The van der Waals surface area contributed by atoms with Crippen LogP contribution >= 0.6 is 0 Å². The van der Waals surface area contributed by atoms with Gasteiger partial charge < -0.3 is 4.90 Å². The molecule has 1 aliphatic rings. The van der Waals surface area contributed by atoms with E-state index >= 15 is 0 Å². The maximum absolute atomic E-state index is 12.5. The first kappa shape index (κ1) is 13.5. The van der Waals surface area contributed by atoms with Gasteiger partial charge in [0.2, 0.25) is 5.91 Å². The SMILES string of the molecule is CN1CCCN(Cc2ccccn2)C(=O)C1CC#N. The third kappa shape index (κ3) is 3.30. The molecule has 2 rings (SSSR count). The summed E-state index contributed by atoms with van der Waals surface area (Å²) >= 11 is 0. The monoisotopic (exact) mass is 258 g/mol. The largest absolute Gasteiger partial charge is 0.335 e. The predicted octanol–water partition coefficient (Wildman–Crippen LogP) is 1.03. The number of hydrogen-bond acceptors (Lipinski definition) is 4. The van der Waals surface area contributed by atoms with E-state index in [-0.39, 0.29) is 18.4 Å². The van der Waals surface area contributed by atoms with Crippen LogP contribution in [-0.2, 0) is 11.3 Å². The van der Waals surface area contributed by atoms with Crippen molar-refractivity contribution in [2.24, 2.45) is 0 Å². The van der Waals surface area contributed by atoms with Crippen LogP contribution in [0.4, 0.5) is 0 Å². The molecule has 1 atom stereocenters. The molecular formula is C14H18N4O. The van der Waals surface area contributed by atoms with E-state index in [0.717, 1.165) is 25.2 Å². The molecule has 0 N–H and O–H groups in total. The number of carbonyl (C=O) groups excluding carboxylic acids is 1. The minimum absolute atomic E-state index is 0.0344. The third-order valence-corrected chi connectivity index (χ3v) is 3.43. The van der Waals surface area contributed by atoms with E-state index < -0.39 is 0 Å². The van der Waals surface area contributed by atoms with Gasteiger partial charge in [0, 0.05) is 19.3 Å². The van der Waals surface area contributed by atoms with E-state index in [0.29, 0.717) is 6.54 Å². The topological polar surface area (TPSA) is 60.2 Å². The van der Waals surface area contributed by atoms with Gasteiger partial charge in [-0.3, -0.25) is 14.7 Å². The van der Waals surface area contributed by atoms with Crippen molar-refractivity contribution in [2.75, 3.05) is 20.1 Å². The molecule has 0 spiro atoms. The van der Waals surface area contributed by atoms with Crippen LogP contribution in [0.15, 0.2) is 24.4 Å². The smallest absolute Gasteiger partial charge is 0.241 e. The second-order valence-corrected chi connectivity index (χ2v) is 4.79. The molecule has 0 radical (unpaired) electrons. The average Bonchev–Trinajstić information content (AvgIpc) is 2.55. The summed E-state index contributed by atoms with van der Waals surface area (Å²) in [6.45, 7) is 2.09. The van der Waals surface area contributed by atoms with Gasteiger partial charge in [0.25, 0.3) is 0 Å². The Morgan fingerprint density at radius 3 is 3.00 bits per heavy atom. The van der Waals surface area contributed by atoms with E-state index in [1.54, 1.807) is 6.20 Å². The fourth-order valence-corrected chi connectivity index (χ4v) is 2.35. The number of nitrogens with zero attached hydrogens (tertiary/aromatic N) is 4. The highest BCUT2D eigenvalue weighted by molar-refractivity contribution is 5.82. The summed E-state index contributed by atoms with van der Waals surface area (Å²) in [5.41, 5.74) is 0.885. The van der Waals surface area contributed by atoms with Gasteiger partial charge in [-0.2, -0.15) is 5.26 Å². The molecule has 0 bridgehead atoms. The van der Waals surface area contributed by atoms with Gasteiger partial charge in [0.05, 0.1) is 24.7 Å². The summed E-state index contributed by atoms with van der Waals surface area (Å²) in [6, 6.07) is 7.48. The minimum atomic E-state index is -0.323. The summed E-state index contributed by atoms with van der Waals surface area (Å²) in [6.07, 6.45) is 2.90. The molecule has 2 heterocycles. The normalized spacial score (nSPS) is 20.9. The second-order valence-electron chi connectivity index (χ2n) is 4.79. The molecule has 5 heteroatoms. The molecule has 19 heavy (non-hydrogen) atoms. The Kier molecular flexibility index (Phi) is 4.48. The zero-order chi connectivity index (χ0) is 13.7. The lowest BCUT2D eigenvalue weighted by atomic mass is 10.1. The van der Waals surface area contributed by atoms with Gasteiger partial charge in [0.1, 0.15) is 6.04 Å². The molecule has 1 aliphatic heterocycles.